The molecule has 3 fully saturated rings. The molecule has 29 heavy (non-hydrogen) atoms. The molecule has 0 bridgehead atoms. The van der Waals surface area contributed by atoms with Gasteiger partial charge < -0.3 is 4.84 Å². The van der Waals surface area contributed by atoms with Gasteiger partial charge in [-0.15, -0.1) is 4.89 Å². The van der Waals surface area contributed by atoms with Crippen LogP contribution in [0.3, 0.4) is 0 Å². The molecule has 0 aromatic carbocycles. The van der Waals surface area contributed by atoms with Crippen molar-refractivity contribution < 1.29 is 23.6 Å². The maximum absolute atomic E-state index is 12.3. The summed E-state index contributed by atoms with van der Waals surface area (Å²) in [5.41, 5.74) is 2.78. The fourth-order valence-electron chi connectivity index (χ4n) is 7.49. The van der Waals surface area contributed by atoms with Gasteiger partial charge in [0, 0.05) is 10.5 Å². The average Bonchev–Trinajstić information content (AvgIpc) is 3.02. The lowest BCUT2D eigenvalue weighted by atomic mass is 9.46. The third-order valence-electron chi connectivity index (χ3n) is 8.87. The second kappa shape index (κ2) is 7.86. The SMILES string of the molecule is CC(=O)[C@H]1CC[C@H]2[C@@H]3CCC4=C/C(=N/OCO[P+](=O)O)CC[C@]4(C)[C@H]3CC[C@]12C. The van der Waals surface area contributed by atoms with Crippen LogP contribution >= 0.6 is 8.25 Å². The number of carbonyl (C=O) groups is 1. The van der Waals surface area contributed by atoms with E-state index in [-0.39, 0.29) is 23.5 Å². The molecule has 1 unspecified atom stereocenters. The van der Waals surface area contributed by atoms with Crippen LogP contribution in [-0.2, 0) is 18.7 Å². The molecule has 0 aromatic rings. The minimum absolute atomic E-state index is 0.202. The molecule has 0 spiro atoms. The normalized spacial score (nSPS) is 43.1. The van der Waals surface area contributed by atoms with Crippen molar-refractivity contribution in [2.24, 2.45) is 39.7 Å². The number of rotatable bonds is 5. The van der Waals surface area contributed by atoms with Crippen LogP contribution in [0.5, 0.6) is 0 Å². The van der Waals surface area contributed by atoms with Gasteiger partial charge in [0.2, 0.25) is 0 Å². The standard InChI is InChI=1S/C22H32NO5P/c1-14(24)18-6-7-19-17-5-4-15-12-16(23-27-13-28-29(25)26)8-10-21(15,2)20(17)9-11-22(18,19)3/h12,17-20H,4-11,13H2,1-3H3/p+1/b23-16+/t17-,18+,19-,20-,21-,22+/m0/s1. The first-order chi connectivity index (χ1) is 13.8. The zero-order chi connectivity index (χ0) is 20.8. The highest BCUT2D eigenvalue weighted by Gasteiger charge is 2.59. The highest BCUT2D eigenvalue weighted by atomic mass is 31.1. The molecule has 0 radical (unpaired) electrons. The molecule has 1 N–H and O–H groups in total. The van der Waals surface area contributed by atoms with Gasteiger partial charge in [-0.25, -0.2) is 0 Å². The number of fused-ring (bicyclic) bond motifs is 5. The monoisotopic (exact) mass is 422 g/mol. The maximum atomic E-state index is 12.3. The van der Waals surface area contributed by atoms with Crippen LogP contribution in [0.4, 0.5) is 0 Å². The van der Waals surface area contributed by atoms with E-state index in [0.717, 1.165) is 37.3 Å². The molecule has 0 aliphatic heterocycles. The molecule has 6 nitrogen and oxygen atoms in total. The van der Waals surface area contributed by atoms with Crippen molar-refractivity contribution in [1.29, 1.82) is 0 Å². The molecule has 0 heterocycles. The van der Waals surface area contributed by atoms with Crippen molar-refractivity contribution in [3.8, 4) is 0 Å². The fourth-order valence-corrected chi connectivity index (χ4v) is 7.63. The summed E-state index contributed by atoms with van der Waals surface area (Å²) in [6.07, 6.45) is 11.1. The van der Waals surface area contributed by atoms with Crippen molar-refractivity contribution in [2.75, 3.05) is 6.79 Å². The van der Waals surface area contributed by atoms with Crippen LogP contribution in [0.15, 0.2) is 16.8 Å². The number of oxime groups is 1. The van der Waals surface area contributed by atoms with E-state index >= 15 is 0 Å². The number of carbonyl (C=O) groups excluding carboxylic acids is 1. The Morgan fingerprint density at radius 1 is 1.21 bits per heavy atom. The maximum Gasteiger partial charge on any atom is 0.698 e. The van der Waals surface area contributed by atoms with Gasteiger partial charge in [-0.1, -0.05) is 29.1 Å². The van der Waals surface area contributed by atoms with Crippen LogP contribution in [0.1, 0.15) is 72.1 Å². The molecule has 0 aromatic heterocycles. The molecule has 0 saturated heterocycles. The van der Waals surface area contributed by atoms with Gasteiger partial charge in [0.15, 0.2) is 0 Å². The molecule has 160 valence electrons. The summed E-state index contributed by atoms with van der Waals surface area (Å²) >= 11 is 0. The van der Waals surface area contributed by atoms with Crippen molar-refractivity contribution in [3.63, 3.8) is 0 Å². The Labute approximate surface area is 174 Å². The Balaban J connectivity index is 1.50. The summed E-state index contributed by atoms with van der Waals surface area (Å²) in [5, 5.41) is 4.11. The second-order valence-electron chi connectivity index (χ2n) is 9.98. The average molecular weight is 422 g/mol. The third kappa shape index (κ3) is 3.62. The lowest BCUT2D eigenvalue weighted by Gasteiger charge is -2.58. The summed E-state index contributed by atoms with van der Waals surface area (Å²) < 4.78 is 15.0. The Morgan fingerprint density at radius 3 is 2.72 bits per heavy atom. The smallest absolute Gasteiger partial charge is 0.362 e. The Kier molecular flexibility index (Phi) is 5.73. The van der Waals surface area contributed by atoms with Gasteiger partial charge in [-0.2, -0.15) is 0 Å². The summed E-state index contributed by atoms with van der Waals surface area (Å²) in [6, 6.07) is 0. The van der Waals surface area contributed by atoms with Gasteiger partial charge in [0.05, 0.1) is 5.71 Å². The number of hydrogen-bond acceptors (Lipinski definition) is 5. The van der Waals surface area contributed by atoms with E-state index in [1.54, 1.807) is 6.92 Å². The minimum atomic E-state index is -2.66. The van der Waals surface area contributed by atoms with E-state index < -0.39 is 8.25 Å². The number of ketones is 1. The summed E-state index contributed by atoms with van der Waals surface area (Å²) in [4.78, 5) is 26.0. The van der Waals surface area contributed by atoms with Gasteiger partial charge >= 0.3 is 8.25 Å². The number of Topliss-reactive ketones (excluding diaryl/α,β-unsaturated/α-hetero) is 1. The minimum Gasteiger partial charge on any atom is -0.362 e. The van der Waals surface area contributed by atoms with Gasteiger partial charge in [-0.05, 0) is 93.0 Å². The largest absolute Gasteiger partial charge is 0.698 e. The van der Waals surface area contributed by atoms with Crippen LogP contribution in [0, 0.1) is 34.5 Å². The van der Waals surface area contributed by atoms with Crippen LogP contribution in [0.25, 0.3) is 0 Å². The predicted octanol–water partition coefficient (Wildman–Crippen LogP) is 5.15. The van der Waals surface area contributed by atoms with Gasteiger partial charge in [0.25, 0.3) is 6.79 Å². The molecule has 7 heteroatoms. The highest BCUT2D eigenvalue weighted by molar-refractivity contribution is 7.32. The molecule has 7 atom stereocenters. The van der Waals surface area contributed by atoms with Crippen molar-refractivity contribution in [1.82, 2.24) is 0 Å². The number of allylic oxidation sites excluding steroid dienone is 2. The van der Waals surface area contributed by atoms with Crippen LogP contribution in [0.2, 0.25) is 0 Å². The molecule has 4 rings (SSSR count). The summed E-state index contributed by atoms with van der Waals surface area (Å²) in [5.74, 6) is 2.75. The number of nitrogens with zero attached hydrogens (tertiary/aromatic N) is 1. The molecule has 0 amide bonds. The Hall–Kier alpha value is -1.10. The number of hydrogen-bond donors (Lipinski definition) is 1. The molecular weight excluding hydrogens is 389 g/mol. The van der Waals surface area contributed by atoms with E-state index in [1.165, 1.54) is 31.3 Å². The first-order valence-electron chi connectivity index (χ1n) is 10.9. The van der Waals surface area contributed by atoms with Crippen LogP contribution in [-0.4, -0.2) is 23.2 Å². The van der Waals surface area contributed by atoms with Crippen molar-refractivity contribution in [3.05, 3.63) is 11.6 Å². The summed E-state index contributed by atoms with van der Waals surface area (Å²) in [7, 11) is -2.66. The van der Waals surface area contributed by atoms with Crippen molar-refractivity contribution >= 4 is 19.7 Å². The highest BCUT2D eigenvalue weighted by Crippen LogP contribution is 2.66. The summed E-state index contributed by atoms with van der Waals surface area (Å²) in [6.45, 7) is 6.32. The van der Waals surface area contributed by atoms with Crippen LogP contribution < -0.4 is 0 Å². The molecule has 4 aliphatic rings. The van der Waals surface area contributed by atoms with Gasteiger partial charge in [-0.3, -0.25) is 4.79 Å². The first-order valence-corrected chi connectivity index (χ1v) is 12.1. The zero-order valence-corrected chi connectivity index (χ0v) is 18.6. The second-order valence-corrected chi connectivity index (χ2v) is 10.7. The van der Waals surface area contributed by atoms with E-state index in [9.17, 15) is 9.36 Å². The molecule has 3 saturated carbocycles. The van der Waals surface area contributed by atoms with Crippen molar-refractivity contribution in [2.45, 2.75) is 72.1 Å². The lowest BCUT2D eigenvalue weighted by molar-refractivity contribution is -0.127. The Bertz CT molecular complexity index is 764. The van der Waals surface area contributed by atoms with E-state index in [1.807, 2.05) is 0 Å². The predicted molar refractivity (Wildman–Crippen MR) is 110 cm³/mol. The lowest BCUT2D eigenvalue weighted by Crippen LogP contribution is -2.51. The van der Waals surface area contributed by atoms with E-state index in [2.05, 4.69) is 29.6 Å². The van der Waals surface area contributed by atoms with E-state index in [4.69, 9.17) is 9.73 Å². The zero-order valence-electron chi connectivity index (χ0n) is 17.7. The Morgan fingerprint density at radius 2 is 2.00 bits per heavy atom. The quantitative estimate of drug-likeness (QED) is 0.287. The first kappa shape index (κ1) is 21.1. The van der Waals surface area contributed by atoms with Gasteiger partial charge in [0.1, 0.15) is 5.78 Å². The fraction of sp³-hybridized carbons (Fsp3) is 0.818. The topological polar surface area (TPSA) is 85.2 Å². The van der Waals surface area contributed by atoms with E-state index in [0.29, 0.717) is 17.6 Å². The third-order valence-corrected chi connectivity index (χ3v) is 9.19. The molecular formula is C22H33NO5P+. The molecule has 4 aliphatic carbocycles.